The van der Waals surface area contributed by atoms with Crippen molar-refractivity contribution in [2.75, 3.05) is 7.05 Å². The first-order valence-corrected chi connectivity index (χ1v) is 5.11. The van der Waals surface area contributed by atoms with E-state index in [-0.39, 0.29) is 23.7 Å². The van der Waals surface area contributed by atoms with Gasteiger partial charge in [0.05, 0.1) is 11.8 Å². The van der Waals surface area contributed by atoms with E-state index in [2.05, 4.69) is 13.0 Å². The molecule has 4 atom stereocenters. The van der Waals surface area contributed by atoms with Crippen molar-refractivity contribution in [3.8, 4) is 0 Å². The van der Waals surface area contributed by atoms with Crippen molar-refractivity contribution in [1.29, 1.82) is 0 Å². The third-order valence-corrected chi connectivity index (χ3v) is 4.10. The predicted molar refractivity (Wildman–Crippen MR) is 50.1 cm³/mol. The van der Waals surface area contributed by atoms with Gasteiger partial charge in [-0.25, -0.2) is 0 Å². The molecule has 2 aliphatic carbocycles. The predicted octanol–water partition coefficient (Wildman–Crippen LogP) is 0.813. The maximum Gasteiger partial charge on any atom is 0.233 e. The van der Waals surface area contributed by atoms with Crippen LogP contribution in [0.4, 0.5) is 0 Å². The molecular formula is C11H13NO2. The number of amides is 2. The number of carbonyl (C=O) groups is 2. The van der Waals surface area contributed by atoms with Gasteiger partial charge in [0.2, 0.25) is 11.8 Å². The van der Waals surface area contributed by atoms with Crippen molar-refractivity contribution < 1.29 is 9.59 Å². The Balaban J connectivity index is 2.07. The van der Waals surface area contributed by atoms with E-state index in [0.717, 1.165) is 6.42 Å². The minimum Gasteiger partial charge on any atom is -0.285 e. The van der Waals surface area contributed by atoms with Gasteiger partial charge >= 0.3 is 0 Å². The summed E-state index contributed by atoms with van der Waals surface area (Å²) in [6.07, 6.45) is 3.21. The summed E-state index contributed by atoms with van der Waals surface area (Å²) < 4.78 is 0. The highest BCUT2D eigenvalue weighted by Crippen LogP contribution is 2.54. The minimum atomic E-state index is -0.0267. The normalized spacial score (nSPS) is 44.7. The number of carbonyl (C=O) groups excluding carboxylic acids is 2. The quantitative estimate of drug-likeness (QED) is 0.420. The summed E-state index contributed by atoms with van der Waals surface area (Å²) >= 11 is 0. The Hall–Kier alpha value is -1.12. The molecule has 2 fully saturated rings. The van der Waals surface area contributed by atoms with Gasteiger partial charge in [0.25, 0.3) is 0 Å². The van der Waals surface area contributed by atoms with Crippen LogP contribution in [0.1, 0.15) is 13.3 Å². The van der Waals surface area contributed by atoms with E-state index in [1.54, 1.807) is 7.05 Å². The Bertz CT molecular complexity index is 371. The third-order valence-electron chi connectivity index (χ3n) is 4.10. The van der Waals surface area contributed by atoms with E-state index in [1.807, 2.05) is 0 Å². The van der Waals surface area contributed by atoms with Gasteiger partial charge in [0.15, 0.2) is 0 Å². The molecule has 1 heterocycles. The molecule has 3 aliphatic rings. The fourth-order valence-electron chi connectivity index (χ4n) is 3.42. The van der Waals surface area contributed by atoms with Gasteiger partial charge in [-0.1, -0.05) is 11.6 Å². The van der Waals surface area contributed by atoms with Crippen LogP contribution in [0, 0.1) is 23.7 Å². The fraction of sp³-hybridized carbons (Fsp3) is 0.636. The van der Waals surface area contributed by atoms with Gasteiger partial charge in [-0.3, -0.25) is 14.5 Å². The van der Waals surface area contributed by atoms with Gasteiger partial charge in [-0.2, -0.15) is 0 Å². The van der Waals surface area contributed by atoms with E-state index in [9.17, 15) is 9.59 Å². The molecule has 2 bridgehead atoms. The molecule has 1 aliphatic heterocycles. The lowest BCUT2D eigenvalue weighted by atomic mass is 9.82. The molecular weight excluding hydrogens is 178 g/mol. The first-order chi connectivity index (χ1) is 6.61. The van der Waals surface area contributed by atoms with Crippen LogP contribution < -0.4 is 0 Å². The average Bonchev–Trinajstić information content (AvgIpc) is 2.74. The second-order valence-corrected chi connectivity index (χ2v) is 4.70. The number of likely N-dealkylation sites (tertiary alicyclic amines) is 1. The molecule has 14 heavy (non-hydrogen) atoms. The van der Waals surface area contributed by atoms with Crippen LogP contribution in [0.15, 0.2) is 11.6 Å². The highest BCUT2D eigenvalue weighted by molar-refractivity contribution is 6.06. The Morgan fingerprint density at radius 2 is 1.93 bits per heavy atom. The Kier molecular flexibility index (Phi) is 1.33. The monoisotopic (exact) mass is 191 g/mol. The number of hydrogen-bond acceptors (Lipinski definition) is 2. The van der Waals surface area contributed by atoms with Crippen molar-refractivity contribution in [3.63, 3.8) is 0 Å². The molecule has 0 aromatic rings. The number of nitrogens with zero attached hydrogens (tertiary/aromatic N) is 1. The molecule has 4 unspecified atom stereocenters. The van der Waals surface area contributed by atoms with E-state index in [0.29, 0.717) is 11.8 Å². The number of rotatable bonds is 0. The van der Waals surface area contributed by atoms with Crippen LogP contribution in [0.2, 0.25) is 0 Å². The third kappa shape index (κ3) is 0.703. The van der Waals surface area contributed by atoms with Crippen molar-refractivity contribution >= 4 is 11.8 Å². The Labute approximate surface area is 82.8 Å². The lowest BCUT2D eigenvalue weighted by molar-refractivity contribution is -0.139. The SMILES string of the molecule is CC1=CC2CC1C1C(=O)N(C)C(=O)C21. The van der Waals surface area contributed by atoms with Gasteiger partial charge in [-0.15, -0.1) is 0 Å². The summed E-state index contributed by atoms with van der Waals surface area (Å²) in [4.78, 5) is 24.9. The standard InChI is InChI=1S/C11H13NO2/c1-5-3-6-4-7(5)9-8(6)10(13)12(2)11(9)14/h3,6-9H,4H2,1-2H3. The van der Waals surface area contributed by atoms with Gasteiger partial charge in [-0.05, 0) is 25.2 Å². The van der Waals surface area contributed by atoms with E-state index in [4.69, 9.17) is 0 Å². The van der Waals surface area contributed by atoms with Crippen LogP contribution in [-0.2, 0) is 9.59 Å². The van der Waals surface area contributed by atoms with Crippen molar-refractivity contribution in [3.05, 3.63) is 11.6 Å². The van der Waals surface area contributed by atoms with Crippen molar-refractivity contribution in [1.82, 2.24) is 4.90 Å². The zero-order valence-electron chi connectivity index (χ0n) is 8.36. The van der Waals surface area contributed by atoms with Gasteiger partial charge in [0, 0.05) is 7.05 Å². The van der Waals surface area contributed by atoms with E-state index >= 15 is 0 Å². The first kappa shape index (κ1) is 8.21. The van der Waals surface area contributed by atoms with E-state index < -0.39 is 0 Å². The molecule has 3 heteroatoms. The van der Waals surface area contributed by atoms with Crippen molar-refractivity contribution in [2.24, 2.45) is 23.7 Å². The van der Waals surface area contributed by atoms with Crippen LogP contribution in [-0.4, -0.2) is 23.8 Å². The smallest absolute Gasteiger partial charge is 0.233 e. The number of fused-ring (bicyclic) bond motifs is 5. The zero-order chi connectivity index (χ0) is 10.0. The summed E-state index contributed by atoms with van der Waals surface area (Å²) in [7, 11) is 1.61. The van der Waals surface area contributed by atoms with Crippen molar-refractivity contribution in [2.45, 2.75) is 13.3 Å². The van der Waals surface area contributed by atoms with Crippen LogP contribution in [0.5, 0.6) is 0 Å². The van der Waals surface area contributed by atoms with E-state index in [1.165, 1.54) is 10.5 Å². The molecule has 1 saturated carbocycles. The van der Waals surface area contributed by atoms with Crippen LogP contribution in [0.25, 0.3) is 0 Å². The summed E-state index contributed by atoms with van der Waals surface area (Å²) in [6.45, 7) is 2.08. The molecule has 2 amide bonds. The maximum absolute atomic E-state index is 11.8. The fourth-order valence-corrected chi connectivity index (χ4v) is 3.42. The summed E-state index contributed by atoms with van der Waals surface area (Å²) in [5, 5.41) is 0. The van der Waals surface area contributed by atoms with Crippen LogP contribution in [0.3, 0.4) is 0 Å². The second-order valence-electron chi connectivity index (χ2n) is 4.70. The lowest BCUT2D eigenvalue weighted by Crippen LogP contribution is -2.28. The zero-order valence-corrected chi connectivity index (χ0v) is 8.36. The van der Waals surface area contributed by atoms with Crippen LogP contribution >= 0.6 is 0 Å². The second kappa shape index (κ2) is 2.27. The molecule has 3 rings (SSSR count). The molecule has 0 spiro atoms. The number of imide groups is 1. The highest BCUT2D eigenvalue weighted by Gasteiger charge is 2.59. The minimum absolute atomic E-state index is 0.0255. The Morgan fingerprint density at radius 3 is 2.64 bits per heavy atom. The summed E-state index contributed by atoms with van der Waals surface area (Å²) in [5.74, 6) is 0.720. The Morgan fingerprint density at radius 1 is 1.29 bits per heavy atom. The number of hydrogen-bond donors (Lipinski definition) is 0. The molecule has 3 nitrogen and oxygen atoms in total. The molecule has 0 N–H and O–H groups in total. The molecule has 1 saturated heterocycles. The highest BCUT2D eigenvalue weighted by atomic mass is 16.2. The summed E-state index contributed by atoms with van der Waals surface area (Å²) in [6, 6.07) is 0. The number of allylic oxidation sites excluding steroid dienone is 2. The molecule has 0 aromatic heterocycles. The molecule has 0 radical (unpaired) electrons. The van der Waals surface area contributed by atoms with Gasteiger partial charge < -0.3 is 0 Å². The molecule has 74 valence electrons. The average molecular weight is 191 g/mol. The summed E-state index contributed by atoms with van der Waals surface area (Å²) in [5.41, 5.74) is 1.31. The van der Waals surface area contributed by atoms with Gasteiger partial charge in [0.1, 0.15) is 0 Å². The lowest BCUT2D eigenvalue weighted by Gasteiger charge is -2.18. The molecule has 0 aromatic carbocycles. The topological polar surface area (TPSA) is 37.4 Å². The maximum atomic E-state index is 11.8. The largest absolute Gasteiger partial charge is 0.285 e. The first-order valence-electron chi connectivity index (χ1n) is 5.11.